The Kier molecular flexibility index (Phi) is 4.37. The first kappa shape index (κ1) is 15.9. The lowest BCUT2D eigenvalue weighted by Crippen LogP contribution is -2.27. The van der Waals surface area contributed by atoms with E-state index in [1.807, 2.05) is 19.9 Å². The van der Waals surface area contributed by atoms with E-state index in [-0.39, 0.29) is 12.1 Å². The number of aryl methyl sites for hydroxylation is 1. The SMILES string of the molecule is CCc1[nH]nc(NC(=O)Nc2cccc(N3CCNC3=O)c2)c1C. The largest absolute Gasteiger partial charge is 0.336 e. The van der Waals surface area contributed by atoms with E-state index in [0.29, 0.717) is 24.6 Å². The number of hydrogen-bond donors (Lipinski definition) is 4. The Morgan fingerprint density at radius 2 is 2.21 bits per heavy atom. The van der Waals surface area contributed by atoms with Gasteiger partial charge in [0.15, 0.2) is 5.82 Å². The summed E-state index contributed by atoms with van der Waals surface area (Å²) in [5.41, 5.74) is 3.27. The summed E-state index contributed by atoms with van der Waals surface area (Å²) in [4.78, 5) is 25.5. The Bertz CT molecular complexity index is 770. The van der Waals surface area contributed by atoms with Crippen LogP contribution >= 0.6 is 0 Å². The third-order valence-corrected chi connectivity index (χ3v) is 3.97. The number of urea groups is 2. The highest BCUT2D eigenvalue weighted by Gasteiger charge is 2.21. The molecule has 2 heterocycles. The first-order valence-corrected chi connectivity index (χ1v) is 7.85. The van der Waals surface area contributed by atoms with E-state index in [1.54, 1.807) is 23.1 Å². The second kappa shape index (κ2) is 6.61. The van der Waals surface area contributed by atoms with Crippen LogP contribution in [-0.2, 0) is 6.42 Å². The normalized spacial score (nSPS) is 13.8. The van der Waals surface area contributed by atoms with Crippen molar-refractivity contribution in [2.45, 2.75) is 20.3 Å². The highest BCUT2D eigenvalue weighted by molar-refractivity contribution is 6.00. The summed E-state index contributed by atoms with van der Waals surface area (Å²) >= 11 is 0. The van der Waals surface area contributed by atoms with Crippen LogP contribution in [0.15, 0.2) is 24.3 Å². The zero-order chi connectivity index (χ0) is 17.1. The van der Waals surface area contributed by atoms with E-state index in [0.717, 1.165) is 23.4 Å². The number of hydrogen-bond acceptors (Lipinski definition) is 3. The number of nitrogens with zero attached hydrogens (tertiary/aromatic N) is 2. The van der Waals surface area contributed by atoms with Crippen molar-refractivity contribution in [1.29, 1.82) is 0 Å². The number of benzene rings is 1. The average molecular weight is 328 g/mol. The van der Waals surface area contributed by atoms with Crippen LogP contribution in [0.5, 0.6) is 0 Å². The van der Waals surface area contributed by atoms with Gasteiger partial charge in [0.05, 0.1) is 0 Å². The summed E-state index contributed by atoms with van der Waals surface area (Å²) < 4.78 is 0. The molecule has 3 rings (SSSR count). The van der Waals surface area contributed by atoms with E-state index < -0.39 is 0 Å². The van der Waals surface area contributed by atoms with Crippen molar-refractivity contribution in [2.75, 3.05) is 28.6 Å². The minimum absolute atomic E-state index is 0.129. The standard InChI is InChI=1S/C16H20N6O2/c1-3-13-10(2)14(21-20-13)19-15(23)18-11-5-4-6-12(9-11)22-8-7-17-16(22)24/h4-6,9H,3,7-8H2,1-2H3,(H,17,24)(H3,18,19,20,21,23). The molecule has 24 heavy (non-hydrogen) atoms. The number of nitrogens with one attached hydrogen (secondary N) is 4. The first-order valence-electron chi connectivity index (χ1n) is 7.85. The van der Waals surface area contributed by atoms with Gasteiger partial charge < -0.3 is 10.6 Å². The zero-order valence-electron chi connectivity index (χ0n) is 13.6. The van der Waals surface area contributed by atoms with Crippen molar-refractivity contribution in [3.63, 3.8) is 0 Å². The molecule has 0 bridgehead atoms. The van der Waals surface area contributed by atoms with Gasteiger partial charge in [-0.05, 0) is 31.5 Å². The number of carbonyl (C=O) groups excluding carboxylic acids is 2. The fourth-order valence-electron chi connectivity index (χ4n) is 2.64. The third-order valence-electron chi connectivity index (χ3n) is 3.97. The number of amides is 4. The van der Waals surface area contributed by atoms with Crippen molar-refractivity contribution in [3.05, 3.63) is 35.5 Å². The number of rotatable bonds is 4. The lowest BCUT2D eigenvalue weighted by atomic mass is 10.2. The van der Waals surface area contributed by atoms with Crippen LogP contribution in [0.4, 0.5) is 26.8 Å². The zero-order valence-corrected chi connectivity index (χ0v) is 13.6. The molecule has 1 aliphatic rings. The monoisotopic (exact) mass is 328 g/mol. The summed E-state index contributed by atoms with van der Waals surface area (Å²) in [7, 11) is 0. The van der Waals surface area contributed by atoms with E-state index in [4.69, 9.17) is 0 Å². The number of aromatic amines is 1. The molecule has 0 saturated carbocycles. The summed E-state index contributed by atoms with van der Waals surface area (Å²) in [6, 6.07) is 6.65. The third kappa shape index (κ3) is 3.17. The maximum Gasteiger partial charge on any atom is 0.324 e. The average Bonchev–Trinajstić information content (AvgIpc) is 3.14. The van der Waals surface area contributed by atoms with E-state index in [2.05, 4.69) is 26.1 Å². The predicted molar refractivity (Wildman–Crippen MR) is 92.5 cm³/mol. The Balaban J connectivity index is 1.68. The van der Waals surface area contributed by atoms with Gasteiger partial charge in [0.1, 0.15) is 0 Å². The number of carbonyl (C=O) groups is 2. The van der Waals surface area contributed by atoms with Gasteiger partial charge >= 0.3 is 12.1 Å². The molecule has 0 unspecified atom stereocenters. The summed E-state index contributed by atoms with van der Waals surface area (Å²) in [6.45, 7) is 5.16. The van der Waals surface area contributed by atoms with Gasteiger partial charge in [0.25, 0.3) is 0 Å². The van der Waals surface area contributed by atoms with Gasteiger partial charge in [-0.2, -0.15) is 5.10 Å². The molecule has 2 aromatic rings. The Labute approximate surface area is 139 Å². The maximum atomic E-state index is 12.2. The summed E-state index contributed by atoms with van der Waals surface area (Å²) in [5.74, 6) is 0.513. The molecule has 4 amide bonds. The van der Waals surface area contributed by atoms with Gasteiger partial charge in [0.2, 0.25) is 0 Å². The molecule has 1 fully saturated rings. The van der Waals surface area contributed by atoms with Crippen LogP contribution in [0.1, 0.15) is 18.2 Å². The molecule has 0 radical (unpaired) electrons. The van der Waals surface area contributed by atoms with E-state index >= 15 is 0 Å². The van der Waals surface area contributed by atoms with Crippen LogP contribution in [0.2, 0.25) is 0 Å². The number of aromatic nitrogens is 2. The Morgan fingerprint density at radius 1 is 1.38 bits per heavy atom. The van der Waals surface area contributed by atoms with Crippen LogP contribution in [0.25, 0.3) is 0 Å². The van der Waals surface area contributed by atoms with Crippen molar-refractivity contribution in [1.82, 2.24) is 15.5 Å². The molecular weight excluding hydrogens is 308 g/mol. The summed E-state index contributed by atoms with van der Waals surface area (Å²) in [6.07, 6.45) is 0.822. The molecule has 1 aromatic heterocycles. The van der Waals surface area contributed by atoms with Crippen molar-refractivity contribution in [2.24, 2.45) is 0 Å². The predicted octanol–water partition coefficient (Wildman–Crippen LogP) is 2.45. The van der Waals surface area contributed by atoms with Crippen molar-refractivity contribution in [3.8, 4) is 0 Å². The smallest absolute Gasteiger partial charge is 0.324 e. The molecule has 1 saturated heterocycles. The second-order valence-electron chi connectivity index (χ2n) is 5.54. The summed E-state index contributed by atoms with van der Waals surface area (Å²) in [5, 5.41) is 15.2. The van der Waals surface area contributed by atoms with Gasteiger partial charge in [-0.3, -0.25) is 15.3 Å². The minimum Gasteiger partial charge on any atom is -0.336 e. The topological polar surface area (TPSA) is 102 Å². The van der Waals surface area contributed by atoms with Gasteiger partial charge in [-0.15, -0.1) is 0 Å². The van der Waals surface area contributed by atoms with Crippen LogP contribution in [0, 0.1) is 6.92 Å². The van der Waals surface area contributed by atoms with Crippen molar-refractivity contribution < 1.29 is 9.59 Å². The fraction of sp³-hybridized carbons (Fsp3) is 0.312. The molecule has 0 atom stereocenters. The minimum atomic E-state index is -0.379. The van der Waals surface area contributed by atoms with E-state index in [1.165, 1.54) is 0 Å². The molecule has 4 N–H and O–H groups in total. The van der Waals surface area contributed by atoms with Crippen molar-refractivity contribution >= 4 is 29.3 Å². The lowest BCUT2D eigenvalue weighted by molar-refractivity contribution is 0.252. The van der Waals surface area contributed by atoms with Gasteiger partial charge in [-0.1, -0.05) is 13.0 Å². The Hall–Kier alpha value is -3.03. The van der Waals surface area contributed by atoms with Crippen LogP contribution in [-0.4, -0.2) is 35.3 Å². The van der Waals surface area contributed by atoms with Crippen LogP contribution < -0.4 is 20.9 Å². The number of anilines is 3. The fourth-order valence-corrected chi connectivity index (χ4v) is 2.64. The molecule has 126 valence electrons. The lowest BCUT2D eigenvalue weighted by Gasteiger charge is -2.15. The van der Waals surface area contributed by atoms with E-state index in [9.17, 15) is 9.59 Å². The quantitative estimate of drug-likeness (QED) is 0.693. The molecule has 1 aromatic carbocycles. The molecular formula is C16H20N6O2. The first-order chi connectivity index (χ1) is 11.6. The second-order valence-corrected chi connectivity index (χ2v) is 5.54. The Morgan fingerprint density at radius 3 is 2.88 bits per heavy atom. The maximum absolute atomic E-state index is 12.2. The molecule has 0 spiro atoms. The molecule has 8 heteroatoms. The van der Waals surface area contributed by atoms with Crippen LogP contribution in [0.3, 0.4) is 0 Å². The molecule has 0 aliphatic carbocycles. The van der Waals surface area contributed by atoms with Gasteiger partial charge in [-0.25, -0.2) is 9.59 Å². The number of H-pyrrole nitrogens is 1. The van der Waals surface area contributed by atoms with Gasteiger partial charge in [0, 0.05) is 35.7 Å². The molecule has 1 aliphatic heterocycles. The highest BCUT2D eigenvalue weighted by atomic mass is 16.2. The highest BCUT2D eigenvalue weighted by Crippen LogP contribution is 2.21. The molecule has 8 nitrogen and oxygen atoms in total.